The van der Waals surface area contributed by atoms with Crippen LogP contribution in [-0.4, -0.2) is 28.9 Å². The van der Waals surface area contributed by atoms with Crippen LogP contribution in [0.3, 0.4) is 0 Å². The number of fused-ring (bicyclic) bond motifs is 4. The predicted octanol–water partition coefficient (Wildman–Crippen LogP) is 10.8. The third kappa shape index (κ3) is 5.14. The van der Waals surface area contributed by atoms with Crippen LogP contribution in [-0.2, 0) is 23.9 Å². The first kappa shape index (κ1) is 36.3. The van der Waals surface area contributed by atoms with E-state index in [1.165, 1.54) is 22.9 Å². The van der Waals surface area contributed by atoms with E-state index in [4.69, 9.17) is 15.2 Å². The highest BCUT2D eigenvalue weighted by atomic mass is 32.2. The number of nitrogens with two attached hydrogens (primary N) is 1. The SMILES string of the molecule is CSc1cc(N)cc2c1OC1(C=C2)N(Cc2ccc(CN3c4ccccc4C(C)(C)C34C=Cc3cc([N+](=O)[O-])cc(SC)c3O4)cc2)c2ccccc2C1(C)C. The van der Waals surface area contributed by atoms with Crippen molar-refractivity contribution in [1.82, 2.24) is 0 Å². The number of hydrogen-bond donors (Lipinski definition) is 1. The van der Waals surface area contributed by atoms with Crippen molar-refractivity contribution < 1.29 is 14.4 Å². The van der Waals surface area contributed by atoms with E-state index in [9.17, 15) is 10.1 Å². The Labute approximate surface area is 336 Å². The Morgan fingerprint density at radius 1 is 0.661 bits per heavy atom. The monoisotopic (exact) mass is 780 g/mol. The summed E-state index contributed by atoms with van der Waals surface area (Å²) < 4.78 is 14.4. The number of non-ortho nitro benzene ring substituents is 1. The Morgan fingerprint density at radius 2 is 1.11 bits per heavy atom. The average molecular weight is 781 g/mol. The first-order valence-corrected chi connectivity index (χ1v) is 21.2. The van der Waals surface area contributed by atoms with Gasteiger partial charge in [0.25, 0.3) is 5.69 Å². The zero-order chi connectivity index (χ0) is 39.2. The third-order valence-electron chi connectivity index (χ3n) is 12.4. The number of nitro groups is 1. The molecule has 5 aromatic carbocycles. The summed E-state index contributed by atoms with van der Waals surface area (Å²) in [5.41, 5.74) is 13.3. The van der Waals surface area contributed by atoms with E-state index in [0.29, 0.717) is 24.4 Å². The van der Waals surface area contributed by atoms with Crippen molar-refractivity contribution in [3.05, 3.63) is 153 Å². The summed E-state index contributed by atoms with van der Waals surface area (Å²) in [5.74, 6) is 1.53. The molecule has 4 aliphatic rings. The van der Waals surface area contributed by atoms with Crippen molar-refractivity contribution in [2.75, 3.05) is 28.0 Å². The number of nitro benzene ring substituents is 1. The molecule has 56 heavy (non-hydrogen) atoms. The maximum atomic E-state index is 11.8. The van der Waals surface area contributed by atoms with Gasteiger partial charge in [-0.2, -0.15) is 0 Å². The van der Waals surface area contributed by atoms with Gasteiger partial charge in [-0.3, -0.25) is 10.1 Å². The number of hydrogen-bond acceptors (Lipinski definition) is 9. The van der Waals surface area contributed by atoms with E-state index in [1.807, 2.05) is 24.5 Å². The molecule has 0 bridgehead atoms. The minimum Gasteiger partial charge on any atom is -0.462 e. The van der Waals surface area contributed by atoms with Crippen LogP contribution in [0, 0.1) is 10.1 Å². The van der Waals surface area contributed by atoms with E-state index in [-0.39, 0.29) is 16.0 Å². The number of para-hydroxylation sites is 2. The van der Waals surface area contributed by atoms with Gasteiger partial charge in [0, 0.05) is 53.4 Å². The molecule has 2 unspecified atom stereocenters. The van der Waals surface area contributed by atoms with Crippen LogP contribution in [0.4, 0.5) is 22.7 Å². The van der Waals surface area contributed by atoms with E-state index in [0.717, 1.165) is 49.3 Å². The zero-order valence-corrected chi connectivity index (χ0v) is 34.0. The number of nitrogens with zero attached hydrogens (tertiary/aromatic N) is 3. The molecule has 10 heteroatoms. The molecule has 2 N–H and O–H groups in total. The van der Waals surface area contributed by atoms with E-state index in [1.54, 1.807) is 23.9 Å². The highest BCUT2D eigenvalue weighted by Crippen LogP contribution is 2.58. The Bertz CT molecular complexity index is 2500. The van der Waals surface area contributed by atoms with Crippen LogP contribution in [0.2, 0.25) is 0 Å². The summed E-state index contributed by atoms with van der Waals surface area (Å²) >= 11 is 3.11. The molecule has 9 rings (SSSR count). The summed E-state index contributed by atoms with van der Waals surface area (Å²) in [7, 11) is 0. The summed E-state index contributed by atoms with van der Waals surface area (Å²) in [6, 6.07) is 33.2. The first-order valence-electron chi connectivity index (χ1n) is 18.8. The molecule has 4 heterocycles. The fourth-order valence-electron chi connectivity index (χ4n) is 9.29. The maximum absolute atomic E-state index is 11.8. The average Bonchev–Trinajstić information content (AvgIpc) is 3.48. The van der Waals surface area contributed by atoms with Crippen LogP contribution in [0.15, 0.2) is 119 Å². The van der Waals surface area contributed by atoms with Crippen molar-refractivity contribution in [3.63, 3.8) is 0 Å². The highest BCUT2D eigenvalue weighted by molar-refractivity contribution is 7.99. The Morgan fingerprint density at radius 3 is 1.57 bits per heavy atom. The molecule has 8 nitrogen and oxygen atoms in total. The molecular formula is C46H44N4O4S2. The molecule has 0 saturated carbocycles. The lowest BCUT2D eigenvalue weighted by Gasteiger charge is -2.47. The molecule has 284 valence electrons. The zero-order valence-electron chi connectivity index (χ0n) is 32.3. The lowest BCUT2D eigenvalue weighted by atomic mass is 9.76. The summed E-state index contributed by atoms with van der Waals surface area (Å²) in [4.78, 5) is 18.0. The van der Waals surface area contributed by atoms with Crippen molar-refractivity contribution in [2.24, 2.45) is 0 Å². The fraction of sp³-hybridized carbons (Fsp3) is 0.261. The van der Waals surface area contributed by atoms with Gasteiger partial charge in [0.05, 0.1) is 25.5 Å². The molecule has 0 saturated heterocycles. The smallest absolute Gasteiger partial charge is 0.271 e. The quantitative estimate of drug-likeness (QED) is 0.0750. The van der Waals surface area contributed by atoms with Crippen molar-refractivity contribution >= 4 is 58.4 Å². The molecule has 5 aromatic rings. The van der Waals surface area contributed by atoms with Crippen molar-refractivity contribution in [2.45, 2.75) is 72.9 Å². The van der Waals surface area contributed by atoms with Crippen molar-refractivity contribution in [3.8, 4) is 11.5 Å². The van der Waals surface area contributed by atoms with Gasteiger partial charge in [-0.1, -0.05) is 60.7 Å². The van der Waals surface area contributed by atoms with Crippen LogP contribution >= 0.6 is 23.5 Å². The molecule has 0 amide bonds. The number of anilines is 3. The Kier molecular flexibility index (Phi) is 8.34. The van der Waals surface area contributed by atoms with Crippen molar-refractivity contribution in [1.29, 1.82) is 0 Å². The van der Waals surface area contributed by atoms with E-state index >= 15 is 0 Å². The predicted molar refractivity (Wildman–Crippen MR) is 230 cm³/mol. The minimum absolute atomic E-state index is 0.0564. The molecule has 0 radical (unpaired) electrons. The highest BCUT2D eigenvalue weighted by Gasteiger charge is 2.60. The normalized spacial score (nSPS) is 21.7. The lowest BCUT2D eigenvalue weighted by molar-refractivity contribution is -0.385. The van der Waals surface area contributed by atoms with Crippen LogP contribution in [0.5, 0.6) is 11.5 Å². The van der Waals surface area contributed by atoms with Gasteiger partial charge >= 0.3 is 0 Å². The number of rotatable bonds is 7. The van der Waals surface area contributed by atoms with Gasteiger partial charge in [0.1, 0.15) is 11.5 Å². The van der Waals surface area contributed by atoms with E-state index < -0.39 is 16.9 Å². The van der Waals surface area contributed by atoms with Gasteiger partial charge in [0.15, 0.2) is 0 Å². The summed E-state index contributed by atoms with van der Waals surface area (Å²) in [5, 5.41) is 11.8. The molecule has 2 atom stereocenters. The van der Waals surface area contributed by atoms with Crippen LogP contribution in [0.25, 0.3) is 12.2 Å². The molecule has 0 fully saturated rings. The molecule has 2 spiro atoms. The largest absolute Gasteiger partial charge is 0.462 e. The second-order valence-electron chi connectivity index (χ2n) is 16.0. The molecule has 0 aromatic heterocycles. The number of nitrogen functional groups attached to an aromatic ring is 1. The minimum atomic E-state index is -0.874. The Balaban J connectivity index is 1.06. The molecule has 4 aliphatic heterocycles. The Hall–Kier alpha value is -5.32. The van der Waals surface area contributed by atoms with Crippen LogP contribution < -0.4 is 25.0 Å². The van der Waals surface area contributed by atoms with Gasteiger partial charge < -0.3 is 25.0 Å². The fourth-order valence-corrected chi connectivity index (χ4v) is 10.5. The second kappa shape index (κ2) is 12.9. The van der Waals surface area contributed by atoms with E-state index in [2.05, 4.69) is 135 Å². The van der Waals surface area contributed by atoms with Gasteiger partial charge in [-0.05, 0) is 111 Å². The first-order chi connectivity index (χ1) is 26.8. The number of thioether (sulfide) groups is 2. The topological polar surface area (TPSA) is 94.1 Å². The lowest BCUT2D eigenvalue weighted by Crippen LogP contribution is -2.59. The van der Waals surface area contributed by atoms with Gasteiger partial charge in [-0.15, -0.1) is 23.5 Å². The molecule has 0 aliphatic carbocycles. The molecular weight excluding hydrogens is 737 g/mol. The maximum Gasteiger partial charge on any atom is 0.271 e. The third-order valence-corrected chi connectivity index (χ3v) is 13.8. The van der Waals surface area contributed by atoms with Crippen LogP contribution in [0.1, 0.15) is 61.1 Å². The number of benzene rings is 5. The summed E-state index contributed by atoms with van der Waals surface area (Å²) in [6.45, 7) is 10.2. The van der Waals surface area contributed by atoms with Gasteiger partial charge in [0.2, 0.25) is 11.4 Å². The summed E-state index contributed by atoms with van der Waals surface area (Å²) in [6.07, 6.45) is 12.5. The second-order valence-corrected chi connectivity index (χ2v) is 17.7. The number of ether oxygens (including phenoxy) is 2. The standard InChI is InChI=1S/C46H44N4O4S2/c1-43(2)35-11-7-9-13-37(35)48(45(43)21-19-31-23-33(47)25-39(55-5)41(31)53-45)27-29-15-17-30(18-16-29)28-49-38-14-10-8-12-36(38)44(3,4)46(49)22-20-32-24-34(50(51)52)26-40(56-6)42(32)54-46/h7-26H,27-28,47H2,1-6H3. The van der Waals surface area contributed by atoms with Gasteiger partial charge in [-0.25, -0.2) is 0 Å².